The Kier molecular flexibility index (Phi) is 3.98. The van der Waals surface area contributed by atoms with Gasteiger partial charge in [0.25, 0.3) is 0 Å². The van der Waals surface area contributed by atoms with E-state index in [1.807, 2.05) is 48.5 Å². The first-order valence-corrected chi connectivity index (χ1v) is 8.04. The van der Waals surface area contributed by atoms with Crippen LogP contribution in [0.3, 0.4) is 0 Å². The zero-order chi connectivity index (χ0) is 16.0. The summed E-state index contributed by atoms with van der Waals surface area (Å²) in [5.74, 6) is 0. The van der Waals surface area contributed by atoms with E-state index in [2.05, 4.69) is 18.9 Å². The molecule has 0 saturated carbocycles. The van der Waals surface area contributed by atoms with E-state index in [1.165, 1.54) is 0 Å². The Morgan fingerprint density at radius 1 is 1.00 bits per heavy atom. The van der Waals surface area contributed by atoms with Crippen molar-refractivity contribution in [3.63, 3.8) is 0 Å². The molecule has 1 N–H and O–H groups in total. The highest BCUT2D eigenvalue weighted by atomic mass is 35.5. The third kappa shape index (κ3) is 2.44. The average Bonchev–Trinajstić information content (AvgIpc) is 2.45. The first kappa shape index (κ1) is 15.8. The minimum absolute atomic E-state index is 0.278. The van der Waals surface area contributed by atoms with Crippen molar-refractivity contribution in [3.8, 4) is 0 Å². The molecule has 22 heavy (non-hydrogen) atoms. The van der Waals surface area contributed by atoms with Gasteiger partial charge in [0, 0.05) is 28.5 Å². The zero-order valence-corrected chi connectivity index (χ0v) is 14.2. The third-order valence-electron chi connectivity index (χ3n) is 4.62. The van der Waals surface area contributed by atoms with Crippen molar-refractivity contribution in [2.24, 2.45) is 5.41 Å². The van der Waals surface area contributed by atoms with Crippen LogP contribution in [0.1, 0.15) is 18.1 Å². The monoisotopic (exact) mass is 335 g/mol. The van der Waals surface area contributed by atoms with Gasteiger partial charge in [-0.1, -0.05) is 54.4 Å². The molecule has 1 fully saturated rings. The Hall–Kier alpha value is -1.06. The van der Waals surface area contributed by atoms with Crippen LogP contribution in [0.15, 0.2) is 48.5 Å². The maximum Gasteiger partial charge on any atom is 0.122 e. The summed E-state index contributed by atoms with van der Waals surface area (Å²) in [6, 6.07) is 14.9. The van der Waals surface area contributed by atoms with Crippen molar-refractivity contribution in [1.82, 2.24) is 4.90 Å². The fourth-order valence-corrected chi connectivity index (χ4v) is 3.96. The second-order valence-corrected chi connectivity index (χ2v) is 7.33. The number of rotatable bonds is 3. The fourth-order valence-electron chi connectivity index (χ4n) is 3.64. The Labute approximate surface area is 141 Å². The highest BCUT2D eigenvalue weighted by molar-refractivity contribution is 6.30. The van der Waals surface area contributed by atoms with E-state index >= 15 is 0 Å². The predicted molar refractivity (Wildman–Crippen MR) is 91.5 cm³/mol. The van der Waals surface area contributed by atoms with Crippen LogP contribution in [0.25, 0.3) is 0 Å². The van der Waals surface area contributed by atoms with Crippen molar-refractivity contribution in [2.45, 2.75) is 12.5 Å². The molecule has 1 aliphatic heterocycles. The highest BCUT2D eigenvalue weighted by Crippen LogP contribution is 2.50. The van der Waals surface area contributed by atoms with Gasteiger partial charge in [0.1, 0.15) is 5.60 Å². The molecule has 4 heteroatoms. The summed E-state index contributed by atoms with van der Waals surface area (Å²) < 4.78 is 0. The average molecular weight is 336 g/mol. The van der Waals surface area contributed by atoms with Gasteiger partial charge in [-0.3, -0.25) is 0 Å². The van der Waals surface area contributed by atoms with Crippen LogP contribution in [-0.4, -0.2) is 30.1 Å². The van der Waals surface area contributed by atoms with Gasteiger partial charge in [-0.2, -0.15) is 0 Å². The lowest BCUT2D eigenvalue weighted by atomic mass is 9.62. The summed E-state index contributed by atoms with van der Waals surface area (Å²) in [5, 5.41) is 13.0. The Morgan fingerprint density at radius 2 is 1.64 bits per heavy atom. The maximum absolute atomic E-state index is 11.7. The van der Waals surface area contributed by atoms with Gasteiger partial charge in [0.15, 0.2) is 0 Å². The Bertz CT molecular complexity index is 680. The van der Waals surface area contributed by atoms with Crippen LogP contribution in [0.2, 0.25) is 10.0 Å². The number of aliphatic hydroxyl groups is 1. The lowest BCUT2D eigenvalue weighted by Crippen LogP contribution is -2.63. The molecule has 0 unspecified atom stereocenters. The van der Waals surface area contributed by atoms with Gasteiger partial charge in [0.05, 0.1) is 0 Å². The van der Waals surface area contributed by atoms with Crippen LogP contribution in [0.5, 0.6) is 0 Å². The Morgan fingerprint density at radius 3 is 2.18 bits per heavy atom. The molecule has 0 spiro atoms. The van der Waals surface area contributed by atoms with Crippen LogP contribution >= 0.6 is 23.2 Å². The largest absolute Gasteiger partial charge is 0.380 e. The predicted octanol–water partition coefficient (Wildman–Crippen LogP) is 4.18. The second kappa shape index (κ2) is 5.54. The van der Waals surface area contributed by atoms with Gasteiger partial charge in [-0.25, -0.2) is 0 Å². The molecule has 2 aromatic carbocycles. The van der Waals surface area contributed by atoms with Crippen molar-refractivity contribution < 1.29 is 5.11 Å². The number of hydrogen-bond donors (Lipinski definition) is 1. The van der Waals surface area contributed by atoms with Gasteiger partial charge < -0.3 is 10.0 Å². The quantitative estimate of drug-likeness (QED) is 0.909. The van der Waals surface area contributed by atoms with Gasteiger partial charge in [-0.05, 0) is 42.4 Å². The third-order valence-corrected chi connectivity index (χ3v) is 5.10. The number of halogens is 2. The van der Waals surface area contributed by atoms with E-state index in [0.29, 0.717) is 10.0 Å². The molecule has 0 amide bonds. The van der Waals surface area contributed by atoms with E-state index in [9.17, 15) is 5.11 Å². The van der Waals surface area contributed by atoms with E-state index < -0.39 is 5.60 Å². The van der Waals surface area contributed by atoms with Gasteiger partial charge >= 0.3 is 0 Å². The van der Waals surface area contributed by atoms with E-state index in [-0.39, 0.29) is 5.41 Å². The molecule has 116 valence electrons. The summed E-state index contributed by atoms with van der Waals surface area (Å²) in [5.41, 5.74) is 0.280. The fraction of sp³-hybridized carbons (Fsp3) is 0.333. The molecule has 0 aliphatic carbocycles. The number of benzene rings is 2. The SMILES string of the molecule is CN1CC(C)([C@@](O)(c2ccc(Cl)cc2)c2cccc(Cl)c2)C1. The molecule has 3 rings (SSSR count). The molecule has 1 aliphatic rings. The smallest absolute Gasteiger partial charge is 0.122 e. The number of nitrogens with zero attached hydrogens (tertiary/aromatic N) is 1. The highest BCUT2D eigenvalue weighted by Gasteiger charge is 2.55. The minimum Gasteiger partial charge on any atom is -0.380 e. The minimum atomic E-state index is -1.10. The molecule has 1 heterocycles. The first-order valence-electron chi connectivity index (χ1n) is 7.28. The molecule has 2 aromatic rings. The molecule has 2 nitrogen and oxygen atoms in total. The van der Waals surface area contributed by atoms with Crippen LogP contribution in [0.4, 0.5) is 0 Å². The van der Waals surface area contributed by atoms with Crippen LogP contribution in [-0.2, 0) is 5.60 Å². The standard InChI is InChI=1S/C18H19Cl2NO/c1-17(11-21(2)12-17)18(22,13-6-8-15(19)9-7-13)14-4-3-5-16(20)10-14/h3-10,22H,11-12H2,1-2H3/t18-/m1/s1. The topological polar surface area (TPSA) is 23.5 Å². The first-order chi connectivity index (χ1) is 10.3. The summed E-state index contributed by atoms with van der Waals surface area (Å²) >= 11 is 12.2. The van der Waals surface area contributed by atoms with Crippen molar-refractivity contribution in [1.29, 1.82) is 0 Å². The van der Waals surface area contributed by atoms with Crippen LogP contribution < -0.4 is 0 Å². The normalized spacial score (nSPS) is 20.2. The second-order valence-electron chi connectivity index (χ2n) is 6.46. The molecule has 0 aromatic heterocycles. The molecular formula is C18H19Cl2NO. The van der Waals surface area contributed by atoms with Crippen molar-refractivity contribution in [2.75, 3.05) is 20.1 Å². The molecule has 1 saturated heterocycles. The zero-order valence-electron chi connectivity index (χ0n) is 12.7. The number of likely N-dealkylation sites (tertiary alicyclic amines) is 1. The van der Waals surface area contributed by atoms with Gasteiger partial charge in [-0.15, -0.1) is 0 Å². The molecule has 0 radical (unpaired) electrons. The Balaban J connectivity index is 2.16. The summed E-state index contributed by atoms with van der Waals surface area (Å²) in [6.45, 7) is 3.75. The van der Waals surface area contributed by atoms with Crippen molar-refractivity contribution in [3.05, 3.63) is 69.7 Å². The van der Waals surface area contributed by atoms with Gasteiger partial charge in [0.2, 0.25) is 0 Å². The van der Waals surface area contributed by atoms with Crippen molar-refractivity contribution >= 4 is 23.2 Å². The lowest BCUT2D eigenvalue weighted by molar-refractivity contribution is -0.127. The summed E-state index contributed by atoms with van der Waals surface area (Å²) in [4.78, 5) is 2.20. The summed E-state index contributed by atoms with van der Waals surface area (Å²) in [7, 11) is 2.06. The van der Waals surface area contributed by atoms with Crippen LogP contribution in [0, 0.1) is 5.41 Å². The molecule has 0 bridgehead atoms. The number of hydrogen-bond acceptors (Lipinski definition) is 2. The maximum atomic E-state index is 11.7. The summed E-state index contributed by atoms with van der Waals surface area (Å²) in [6.07, 6.45) is 0. The molecular weight excluding hydrogens is 317 g/mol. The van der Waals surface area contributed by atoms with E-state index in [0.717, 1.165) is 24.2 Å². The van der Waals surface area contributed by atoms with E-state index in [1.54, 1.807) is 0 Å². The van der Waals surface area contributed by atoms with E-state index in [4.69, 9.17) is 23.2 Å². The lowest BCUT2D eigenvalue weighted by Gasteiger charge is -2.56. The molecule has 1 atom stereocenters.